The van der Waals surface area contributed by atoms with Gasteiger partial charge in [0.25, 0.3) is 0 Å². The van der Waals surface area contributed by atoms with E-state index in [0.717, 1.165) is 31.9 Å². The van der Waals surface area contributed by atoms with Gasteiger partial charge in [0.05, 0.1) is 7.11 Å². The van der Waals surface area contributed by atoms with Crippen molar-refractivity contribution >= 4 is 29.1 Å². The van der Waals surface area contributed by atoms with E-state index in [2.05, 4.69) is 32.4 Å². The van der Waals surface area contributed by atoms with Crippen LogP contribution in [0, 0.1) is 0 Å². The van der Waals surface area contributed by atoms with Crippen LogP contribution in [-0.2, 0) is 0 Å². The van der Waals surface area contributed by atoms with E-state index >= 15 is 0 Å². The van der Waals surface area contributed by atoms with Crippen molar-refractivity contribution in [2.45, 2.75) is 26.2 Å². The summed E-state index contributed by atoms with van der Waals surface area (Å²) in [6, 6.07) is 1.86. The summed E-state index contributed by atoms with van der Waals surface area (Å²) in [5, 5.41) is 6.63. The smallest absolute Gasteiger partial charge is 0.234 e. The Kier molecular flexibility index (Phi) is 5.34. The van der Waals surface area contributed by atoms with Crippen LogP contribution in [0.5, 0.6) is 5.88 Å². The van der Waals surface area contributed by atoms with Crippen molar-refractivity contribution in [1.82, 2.24) is 15.3 Å². The summed E-state index contributed by atoms with van der Waals surface area (Å²) < 4.78 is 5.24. The van der Waals surface area contributed by atoms with Crippen molar-refractivity contribution in [3.63, 3.8) is 0 Å². The molecule has 0 amide bonds. The third-order valence-electron chi connectivity index (χ3n) is 3.09. The van der Waals surface area contributed by atoms with Gasteiger partial charge in [0.1, 0.15) is 5.82 Å². The van der Waals surface area contributed by atoms with Crippen LogP contribution < -0.4 is 20.3 Å². The van der Waals surface area contributed by atoms with Gasteiger partial charge in [-0.2, -0.15) is 9.97 Å². The monoisotopic (exact) mass is 295 g/mol. The fourth-order valence-electron chi connectivity index (χ4n) is 2.07. The van der Waals surface area contributed by atoms with Gasteiger partial charge >= 0.3 is 0 Å². The Morgan fingerprint density at radius 1 is 1.40 bits per heavy atom. The summed E-state index contributed by atoms with van der Waals surface area (Å²) >= 11 is 5.20. The van der Waals surface area contributed by atoms with Gasteiger partial charge in [-0.1, -0.05) is 6.92 Å². The van der Waals surface area contributed by atoms with Crippen molar-refractivity contribution in [3.05, 3.63) is 6.07 Å². The minimum atomic E-state index is 0.472. The molecule has 1 aromatic rings. The molecule has 0 bridgehead atoms. The number of anilines is 2. The number of methoxy groups -OCH3 is 1. The van der Waals surface area contributed by atoms with Crippen LogP contribution in [0.3, 0.4) is 0 Å². The highest BCUT2D eigenvalue weighted by molar-refractivity contribution is 7.80. The van der Waals surface area contributed by atoms with Crippen LogP contribution >= 0.6 is 12.2 Å². The molecule has 0 unspecified atom stereocenters. The summed E-state index contributed by atoms with van der Waals surface area (Å²) in [6.45, 7) is 4.97. The normalized spacial score (nSPS) is 14.2. The molecule has 1 fully saturated rings. The van der Waals surface area contributed by atoms with E-state index in [9.17, 15) is 0 Å². The summed E-state index contributed by atoms with van der Waals surface area (Å²) in [4.78, 5) is 11.0. The van der Waals surface area contributed by atoms with Crippen LogP contribution in [0.2, 0.25) is 0 Å². The maximum atomic E-state index is 5.24. The van der Waals surface area contributed by atoms with Gasteiger partial charge in [0.2, 0.25) is 11.8 Å². The first kappa shape index (κ1) is 14.8. The number of hydrogen-bond donors (Lipinski definition) is 2. The summed E-state index contributed by atoms with van der Waals surface area (Å²) in [5.41, 5.74) is 0. The fraction of sp³-hybridized carbons (Fsp3) is 0.615. The van der Waals surface area contributed by atoms with Crippen molar-refractivity contribution in [3.8, 4) is 5.88 Å². The van der Waals surface area contributed by atoms with Gasteiger partial charge in [-0.25, -0.2) is 0 Å². The molecule has 0 aromatic carbocycles. The second-order valence-electron chi connectivity index (χ2n) is 4.67. The molecule has 0 atom stereocenters. The number of hydrogen-bond acceptors (Lipinski definition) is 5. The third kappa shape index (κ3) is 3.93. The molecule has 0 saturated carbocycles. The van der Waals surface area contributed by atoms with Crippen LogP contribution in [0.1, 0.15) is 26.2 Å². The number of rotatable bonds is 5. The molecule has 2 heterocycles. The first-order valence-corrected chi connectivity index (χ1v) is 7.36. The zero-order valence-electron chi connectivity index (χ0n) is 12.0. The van der Waals surface area contributed by atoms with E-state index in [1.54, 1.807) is 7.11 Å². The largest absolute Gasteiger partial charge is 0.481 e. The lowest BCUT2D eigenvalue weighted by atomic mass is 10.4. The maximum Gasteiger partial charge on any atom is 0.234 e. The number of thiocarbonyl (C=S) groups is 1. The molecule has 0 radical (unpaired) electrons. The summed E-state index contributed by atoms with van der Waals surface area (Å²) in [7, 11) is 1.60. The Morgan fingerprint density at radius 2 is 2.15 bits per heavy atom. The molecule has 1 aliphatic heterocycles. The summed E-state index contributed by atoms with van der Waals surface area (Å²) in [6.07, 6.45) is 3.41. The quantitative estimate of drug-likeness (QED) is 0.803. The molecule has 2 rings (SSSR count). The fourth-order valence-corrected chi connectivity index (χ4v) is 2.26. The highest BCUT2D eigenvalue weighted by Gasteiger charge is 2.16. The molecule has 0 aliphatic carbocycles. The lowest BCUT2D eigenvalue weighted by Gasteiger charge is -2.18. The van der Waals surface area contributed by atoms with Gasteiger partial charge < -0.3 is 20.3 Å². The average Bonchev–Trinajstić information content (AvgIpc) is 2.99. The first-order valence-electron chi connectivity index (χ1n) is 6.95. The highest BCUT2D eigenvalue weighted by Crippen LogP contribution is 2.23. The van der Waals surface area contributed by atoms with Crippen LogP contribution in [0.25, 0.3) is 0 Å². The SMILES string of the molecule is CCCNC(=S)Nc1nc(OC)cc(N2CCCC2)n1. The predicted octanol–water partition coefficient (Wildman–Crippen LogP) is 1.78. The Morgan fingerprint density at radius 3 is 2.80 bits per heavy atom. The van der Waals surface area contributed by atoms with E-state index < -0.39 is 0 Å². The third-order valence-corrected chi connectivity index (χ3v) is 3.34. The molecule has 1 aliphatic rings. The average molecular weight is 295 g/mol. The van der Waals surface area contributed by atoms with E-state index in [0.29, 0.717) is 16.9 Å². The predicted molar refractivity (Wildman–Crippen MR) is 84.5 cm³/mol. The van der Waals surface area contributed by atoms with Gasteiger partial charge in [-0.15, -0.1) is 0 Å². The van der Waals surface area contributed by atoms with Gasteiger partial charge in [0.15, 0.2) is 5.11 Å². The molecule has 1 aromatic heterocycles. The molecule has 20 heavy (non-hydrogen) atoms. The standard InChI is InChI=1S/C13H21N5OS/c1-3-6-14-13(20)17-12-15-10(9-11(16-12)19-2)18-7-4-5-8-18/h9H,3-8H2,1-2H3,(H2,14,15,16,17,20). The van der Waals surface area contributed by atoms with Crippen molar-refractivity contribution < 1.29 is 4.74 Å². The van der Waals surface area contributed by atoms with E-state index in [1.807, 2.05) is 6.07 Å². The minimum absolute atomic E-state index is 0.472. The Balaban J connectivity index is 2.10. The topological polar surface area (TPSA) is 62.3 Å². The van der Waals surface area contributed by atoms with Crippen LogP contribution in [0.4, 0.5) is 11.8 Å². The van der Waals surface area contributed by atoms with Gasteiger partial charge in [0, 0.05) is 25.7 Å². The molecule has 0 spiro atoms. The van der Waals surface area contributed by atoms with E-state index in [-0.39, 0.29) is 0 Å². The number of nitrogens with zero attached hydrogens (tertiary/aromatic N) is 3. The molecule has 110 valence electrons. The summed E-state index contributed by atoms with van der Waals surface area (Å²) in [5.74, 6) is 1.90. The Labute approximate surface area is 124 Å². The molecule has 7 heteroatoms. The lowest BCUT2D eigenvalue weighted by molar-refractivity contribution is 0.397. The zero-order chi connectivity index (χ0) is 14.4. The first-order chi connectivity index (χ1) is 9.72. The zero-order valence-corrected chi connectivity index (χ0v) is 12.8. The number of aromatic nitrogens is 2. The second-order valence-corrected chi connectivity index (χ2v) is 5.08. The van der Waals surface area contributed by atoms with Crippen molar-refractivity contribution in [1.29, 1.82) is 0 Å². The number of nitrogens with one attached hydrogen (secondary N) is 2. The van der Waals surface area contributed by atoms with Gasteiger partial charge in [-0.3, -0.25) is 0 Å². The van der Waals surface area contributed by atoms with Crippen molar-refractivity contribution in [2.75, 3.05) is 37.0 Å². The lowest BCUT2D eigenvalue weighted by Crippen LogP contribution is -2.30. The van der Waals surface area contributed by atoms with E-state index in [1.165, 1.54) is 12.8 Å². The second kappa shape index (κ2) is 7.23. The van der Waals surface area contributed by atoms with Crippen molar-refractivity contribution in [2.24, 2.45) is 0 Å². The highest BCUT2D eigenvalue weighted by atomic mass is 32.1. The molecular formula is C13H21N5OS. The molecule has 1 saturated heterocycles. The molecule has 2 N–H and O–H groups in total. The molecular weight excluding hydrogens is 274 g/mol. The Hall–Kier alpha value is -1.63. The number of ether oxygens (including phenoxy) is 1. The van der Waals surface area contributed by atoms with Crippen LogP contribution in [-0.4, -0.2) is 41.8 Å². The Bertz CT molecular complexity index is 462. The maximum absolute atomic E-state index is 5.24. The van der Waals surface area contributed by atoms with E-state index in [4.69, 9.17) is 17.0 Å². The molecule has 6 nitrogen and oxygen atoms in total. The van der Waals surface area contributed by atoms with Crippen LogP contribution in [0.15, 0.2) is 6.07 Å². The minimum Gasteiger partial charge on any atom is -0.481 e. The van der Waals surface area contributed by atoms with Gasteiger partial charge in [-0.05, 0) is 31.5 Å².